The van der Waals surface area contributed by atoms with E-state index in [4.69, 9.17) is 23.2 Å². The Kier molecular flexibility index (Phi) is 3.43. The molecule has 0 saturated carbocycles. The number of fused-ring (bicyclic) bond motifs is 1. The molecule has 0 spiro atoms. The summed E-state index contributed by atoms with van der Waals surface area (Å²) in [6.45, 7) is 4.57. The molecule has 20 heavy (non-hydrogen) atoms. The van der Waals surface area contributed by atoms with E-state index in [0.29, 0.717) is 10.0 Å². The molecule has 3 heteroatoms. The third kappa shape index (κ3) is 2.41. The van der Waals surface area contributed by atoms with Gasteiger partial charge in [0.2, 0.25) is 0 Å². The van der Waals surface area contributed by atoms with Crippen molar-refractivity contribution in [2.24, 2.45) is 5.41 Å². The number of halogens is 2. The van der Waals surface area contributed by atoms with Crippen LogP contribution in [-0.4, -0.2) is 0 Å². The molecule has 1 aliphatic rings. The fraction of sp³-hybridized carbons (Fsp3) is 0.294. The average molecular weight is 306 g/mol. The molecule has 2 aromatic rings. The number of nitrogens with one attached hydrogen (secondary N) is 1. The largest absolute Gasteiger partial charge is 0.376 e. The molecule has 0 aromatic heterocycles. The predicted octanol–water partition coefficient (Wildman–Crippen LogP) is 5.73. The minimum Gasteiger partial charge on any atom is -0.376 e. The minimum atomic E-state index is 0.159. The number of anilines is 1. The topological polar surface area (TPSA) is 12.0 Å². The maximum atomic E-state index is 6.28. The highest BCUT2D eigenvalue weighted by Crippen LogP contribution is 2.47. The Morgan fingerprint density at radius 2 is 1.85 bits per heavy atom. The molecular weight excluding hydrogens is 289 g/mol. The van der Waals surface area contributed by atoms with Crippen LogP contribution >= 0.6 is 23.2 Å². The fourth-order valence-corrected chi connectivity index (χ4v) is 3.49. The first-order valence-electron chi connectivity index (χ1n) is 6.77. The molecule has 1 N–H and O–H groups in total. The van der Waals surface area contributed by atoms with Crippen LogP contribution in [0.4, 0.5) is 5.69 Å². The lowest BCUT2D eigenvalue weighted by Gasteiger charge is -2.30. The molecule has 1 atom stereocenters. The molecule has 1 aliphatic carbocycles. The molecule has 0 heterocycles. The van der Waals surface area contributed by atoms with E-state index >= 15 is 0 Å². The van der Waals surface area contributed by atoms with E-state index in [9.17, 15) is 0 Å². The third-order valence-corrected chi connectivity index (χ3v) is 4.57. The first-order valence-corrected chi connectivity index (χ1v) is 7.52. The van der Waals surface area contributed by atoms with Gasteiger partial charge in [-0.1, -0.05) is 61.3 Å². The van der Waals surface area contributed by atoms with E-state index in [1.54, 1.807) is 6.07 Å². The van der Waals surface area contributed by atoms with Gasteiger partial charge in [0.1, 0.15) is 0 Å². The van der Waals surface area contributed by atoms with Gasteiger partial charge in [0.15, 0.2) is 0 Å². The standard InChI is InChI=1S/C17H17Cl2N/c1-17(2)10-11-5-3-4-6-13(11)16(17)20-15-8-7-12(18)9-14(15)19/h3-9,16,20H,10H2,1-2H3. The van der Waals surface area contributed by atoms with Crippen molar-refractivity contribution < 1.29 is 0 Å². The molecule has 0 radical (unpaired) electrons. The second-order valence-corrected chi connectivity index (χ2v) is 6.91. The zero-order valence-corrected chi connectivity index (χ0v) is 13.1. The number of rotatable bonds is 2. The molecule has 0 bridgehead atoms. The van der Waals surface area contributed by atoms with Gasteiger partial charge >= 0.3 is 0 Å². The molecule has 0 aliphatic heterocycles. The van der Waals surface area contributed by atoms with Crippen molar-refractivity contribution in [3.05, 3.63) is 63.6 Å². The van der Waals surface area contributed by atoms with Crippen molar-refractivity contribution in [2.75, 3.05) is 5.32 Å². The summed E-state index contributed by atoms with van der Waals surface area (Å²) in [5.41, 5.74) is 3.88. The lowest BCUT2D eigenvalue weighted by atomic mass is 9.85. The monoisotopic (exact) mass is 305 g/mol. The Morgan fingerprint density at radius 1 is 1.10 bits per heavy atom. The van der Waals surface area contributed by atoms with E-state index in [1.807, 2.05) is 12.1 Å². The second kappa shape index (κ2) is 4.98. The second-order valence-electron chi connectivity index (χ2n) is 6.07. The Morgan fingerprint density at radius 3 is 2.60 bits per heavy atom. The highest BCUT2D eigenvalue weighted by molar-refractivity contribution is 6.36. The van der Waals surface area contributed by atoms with E-state index in [2.05, 4.69) is 43.4 Å². The van der Waals surface area contributed by atoms with E-state index in [-0.39, 0.29) is 11.5 Å². The van der Waals surface area contributed by atoms with Gasteiger partial charge in [-0.25, -0.2) is 0 Å². The normalized spacial score (nSPS) is 19.7. The lowest BCUT2D eigenvalue weighted by molar-refractivity contribution is 0.337. The van der Waals surface area contributed by atoms with Crippen LogP contribution in [0, 0.1) is 5.41 Å². The summed E-state index contributed by atoms with van der Waals surface area (Å²) in [4.78, 5) is 0. The van der Waals surface area contributed by atoms with Gasteiger partial charge in [-0.15, -0.1) is 0 Å². The van der Waals surface area contributed by atoms with Crippen molar-refractivity contribution in [2.45, 2.75) is 26.3 Å². The molecule has 3 rings (SSSR count). The summed E-state index contributed by atoms with van der Waals surface area (Å²) >= 11 is 12.2. The van der Waals surface area contributed by atoms with Crippen molar-refractivity contribution in [3.8, 4) is 0 Å². The Labute approximate surface area is 129 Å². The van der Waals surface area contributed by atoms with Crippen LogP contribution in [0.1, 0.15) is 31.0 Å². The van der Waals surface area contributed by atoms with Crippen molar-refractivity contribution in [1.82, 2.24) is 0 Å². The van der Waals surface area contributed by atoms with Crippen molar-refractivity contribution in [3.63, 3.8) is 0 Å². The summed E-state index contributed by atoms with van der Waals surface area (Å²) in [5, 5.41) is 4.92. The molecule has 0 amide bonds. The summed E-state index contributed by atoms with van der Waals surface area (Å²) in [5.74, 6) is 0. The van der Waals surface area contributed by atoms with Crippen LogP contribution < -0.4 is 5.32 Å². The van der Waals surface area contributed by atoms with Crippen molar-refractivity contribution in [1.29, 1.82) is 0 Å². The van der Waals surface area contributed by atoms with Gasteiger partial charge in [0.25, 0.3) is 0 Å². The van der Waals surface area contributed by atoms with Crippen LogP contribution in [0.25, 0.3) is 0 Å². The Balaban J connectivity index is 1.97. The molecule has 0 fully saturated rings. The minimum absolute atomic E-state index is 0.159. The number of hydrogen-bond acceptors (Lipinski definition) is 1. The summed E-state index contributed by atoms with van der Waals surface area (Å²) in [7, 11) is 0. The highest BCUT2D eigenvalue weighted by Gasteiger charge is 2.38. The van der Waals surface area contributed by atoms with Gasteiger partial charge in [-0.2, -0.15) is 0 Å². The van der Waals surface area contributed by atoms with Crippen LogP contribution in [0.15, 0.2) is 42.5 Å². The lowest BCUT2D eigenvalue weighted by Crippen LogP contribution is -2.24. The quantitative estimate of drug-likeness (QED) is 0.747. The Bertz CT molecular complexity index is 649. The van der Waals surface area contributed by atoms with Gasteiger partial charge in [0.05, 0.1) is 16.8 Å². The maximum Gasteiger partial charge on any atom is 0.0652 e. The van der Waals surface area contributed by atoms with Gasteiger partial charge < -0.3 is 5.32 Å². The first-order chi connectivity index (χ1) is 9.47. The number of benzene rings is 2. The van der Waals surface area contributed by atoms with Crippen LogP contribution in [0.2, 0.25) is 10.0 Å². The maximum absolute atomic E-state index is 6.28. The molecule has 1 unspecified atom stereocenters. The van der Waals surface area contributed by atoms with Gasteiger partial charge in [0, 0.05) is 5.02 Å². The molecule has 104 valence electrons. The first kappa shape index (κ1) is 13.8. The Hall–Kier alpha value is -1.18. The predicted molar refractivity (Wildman–Crippen MR) is 86.8 cm³/mol. The average Bonchev–Trinajstić information content (AvgIpc) is 2.63. The van der Waals surface area contributed by atoms with Crippen LogP contribution in [0.3, 0.4) is 0 Å². The smallest absolute Gasteiger partial charge is 0.0652 e. The molecule has 2 aromatic carbocycles. The van der Waals surface area contributed by atoms with Gasteiger partial charge in [-0.3, -0.25) is 0 Å². The fourth-order valence-electron chi connectivity index (χ4n) is 3.03. The van der Waals surface area contributed by atoms with E-state index < -0.39 is 0 Å². The molecule has 0 saturated heterocycles. The number of hydrogen-bond donors (Lipinski definition) is 1. The zero-order valence-electron chi connectivity index (χ0n) is 11.6. The molecular formula is C17H17Cl2N. The third-order valence-electron chi connectivity index (χ3n) is 4.02. The highest BCUT2D eigenvalue weighted by atomic mass is 35.5. The van der Waals surface area contributed by atoms with Gasteiger partial charge in [-0.05, 0) is 41.2 Å². The summed E-state index contributed by atoms with van der Waals surface area (Å²) in [6.07, 6.45) is 1.08. The SMILES string of the molecule is CC1(C)Cc2ccccc2C1Nc1ccc(Cl)cc1Cl. The van der Waals surface area contributed by atoms with Crippen molar-refractivity contribution >= 4 is 28.9 Å². The summed E-state index contributed by atoms with van der Waals surface area (Å²) < 4.78 is 0. The zero-order chi connectivity index (χ0) is 14.3. The molecule has 1 nitrogen and oxygen atoms in total. The van der Waals surface area contributed by atoms with Crippen LogP contribution in [-0.2, 0) is 6.42 Å². The summed E-state index contributed by atoms with van der Waals surface area (Å²) in [6, 6.07) is 14.5. The van der Waals surface area contributed by atoms with E-state index in [0.717, 1.165) is 12.1 Å². The van der Waals surface area contributed by atoms with Crippen LogP contribution in [0.5, 0.6) is 0 Å². The van der Waals surface area contributed by atoms with E-state index in [1.165, 1.54) is 11.1 Å².